The molecule has 0 bridgehead atoms. The molecule has 0 radical (unpaired) electrons. The lowest BCUT2D eigenvalue weighted by Crippen LogP contribution is -1.96. The van der Waals surface area contributed by atoms with Crippen LogP contribution in [0.15, 0.2) is 12.1 Å². The fourth-order valence-corrected chi connectivity index (χ4v) is 2.01. The number of benzene rings is 1. The first-order chi connectivity index (χ1) is 8.06. The Bertz CT molecular complexity index is 285. The van der Waals surface area contributed by atoms with E-state index in [1.165, 1.54) is 0 Å². The Labute approximate surface area is 112 Å². The monoisotopic (exact) mass is 258 g/mol. The van der Waals surface area contributed by atoms with Gasteiger partial charge in [0.2, 0.25) is 0 Å². The molecule has 0 spiro atoms. The lowest BCUT2D eigenvalue weighted by molar-refractivity contribution is 0.474. The van der Waals surface area contributed by atoms with E-state index >= 15 is 0 Å². The van der Waals surface area contributed by atoms with Crippen LogP contribution in [0.5, 0.6) is 5.75 Å². The van der Waals surface area contributed by atoms with E-state index in [1.54, 1.807) is 12.1 Å². The highest BCUT2D eigenvalue weighted by Gasteiger charge is 2.11. The van der Waals surface area contributed by atoms with Crippen LogP contribution in [0.2, 0.25) is 5.02 Å². The molecule has 1 unspecified atom stereocenters. The average molecular weight is 259 g/mol. The van der Waals surface area contributed by atoms with Gasteiger partial charge in [0.1, 0.15) is 5.75 Å². The summed E-state index contributed by atoms with van der Waals surface area (Å²) in [6, 6.07) is 3.36. The third-order valence-corrected chi connectivity index (χ3v) is 2.74. The van der Waals surface area contributed by atoms with Gasteiger partial charge in [-0.25, -0.2) is 0 Å². The summed E-state index contributed by atoms with van der Waals surface area (Å²) in [5.41, 5.74) is 2.22. The Balaban J connectivity index is 0. The molecule has 0 aliphatic heterocycles. The Morgan fingerprint density at radius 3 is 2.00 bits per heavy atom. The molecule has 0 aliphatic carbocycles. The summed E-state index contributed by atoms with van der Waals surface area (Å²) in [5.74, 6) is 0.697. The van der Waals surface area contributed by atoms with E-state index in [0.29, 0.717) is 10.9 Å². The molecule has 2 heteroatoms. The predicted molar refractivity (Wildman–Crippen MR) is 79.3 cm³/mol. The predicted octanol–water partition coefficient (Wildman–Crippen LogP) is 5.92. The highest BCUT2D eigenvalue weighted by molar-refractivity contribution is 6.31. The van der Waals surface area contributed by atoms with Crippen molar-refractivity contribution in [1.29, 1.82) is 0 Å². The minimum absolute atomic E-state index is 0.245. The number of hydrogen-bond acceptors (Lipinski definition) is 1. The maximum absolute atomic E-state index is 9.29. The van der Waals surface area contributed by atoms with Gasteiger partial charge in [-0.05, 0) is 42.5 Å². The number of aromatic hydroxyl groups is 1. The molecule has 1 rings (SSSR count). The van der Waals surface area contributed by atoms with Crippen molar-refractivity contribution in [3.05, 3.63) is 28.3 Å². The number of halogens is 1. The zero-order valence-corrected chi connectivity index (χ0v) is 13.0. The van der Waals surface area contributed by atoms with Gasteiger partial charge in [0.15, 0.2) is 0 Å². The average Bonchev–Trinajstić information content (AvgIpc) is 2.32. The second-order valence-corrected chi connectivity index (χ2v) is 3.87. The number of phenols is 1. The molecule has 1 nitrogen and oxygen atoms in total. The minimum atomic E-state index is 0.245. The van der Waals surface area contributed by atoms with Crippen LogP contribution in [-0.4, -0.2) is 5.11 Å². The lowest BCUT2D eigenvalue weighted by Gasteiger charge is -2.14. The maximum Gasteiger partial charge on any atom is 0.117 e. The number of aryl methyl sites for hydroxylation is 1. The van der Waals surface area contributed by atoms with E-state index in [2.05, 4.69) is 13.8 Å². The zero-order chi connectivity index (χ0) is 14.0. The molecule has 100 valence electrons. The fraction of sp³-hybridized carbons (Fsp3) is 0.600. The lowest BCUT2D eigenvalue weighted by atomic mass is 9.94. The Hall–Kier alpha value is -0.690. The van der Waals surface area contributed by atoms with E-state index in [-0.39, 0.29) is 5.75 Å². The summed E-state index contributed by atoms with van der Waals surface area (Å²) in [7, 11) is 0. The highest BCUT2D eigenvalue weighted by atomic mass is 35.5. The van der Waals surface area contributed by atoms with E-state index < -0.39 is 0 Å². The maximum atomic E-state index is 9.29. The SMILES string of the molecule is CC.CC.CCC(C)c1c(C)cc(O)cc1Cl. The van der Waals surface area contributed by atoms with Gasteiger partial charge in [-0.15, -0.1) is 0 Å². The van der Waals surface area contributed by atoms with Gasteiger partial charge in [0.25, 0.3) is 0 Å². The fourth-order valence-electron chi connectivity index (χ4n) is 1.57. The van der Waals surface area contributed by atoms with Gasteiger partial charge in [-0.2, -0.15) is 0 Å². The largest absolute Gasteiger partial charge is 0.508 e. The van der Waals surface area contributed by atoms with Gasteiger partial charge in [0, 0.05) is 5.02 Å². The smallest absolute Gasteiger partial charge is 0.117 e. The molecule has 1 aromatic carbocycles. The Kier molecular flexibility index (Phi) is 11.5. The minimum Gasteiger partial charge on any atom is -0.508 e. The third kappa shape index (κ3) is 5.97. The summed E-state index contributed by atoms with van der Waals surface area (Å²) in [4.78, 5) is 0. The van der Waals surface area contributed by atoms with Crippen LogP contribution in [0.1, 0.15) is 65.0 Å². The topological polar surface area (TPSA) is 20.2 Å². The van der Waals surface area contributed by atoms with Crippen LogP contribution in [0.25, 0.3) is 0 Å². The number of hydrogen-bond donors (Lipinski definition) is 1. The van der Waals surface area contributed by atoms with Crippen molar-refractivity contribution in [1.82, 2.24) is 0 Å². The summed E-state index contributed by atoms with van der Waals surface area (Å²) in [5, 5.41) is 9.96. The molecule has 0 saturated heterocycles. The van der Waals surface area contributed by atoms with Gasteiger partial charge < -0.3 is 5.11 Å². The Morgan fingerprint density at radius 2 is 1.65 bits per heavy atom. The van der Waals surface area contributed by atoms with E-state index in [9.17, 15) is 5.11 Å². The molecule has 0 saturated carbocycles. The van der Waals surface area contributed by atoms with Crippen molar-refractivity contribution in [2.24, 2.45) is 0 Å². The van der Waals surface area contributed by atoms with Crippen LogP contribution < -0.4 is 0 Å². The van der Waals surface area contributed by atoms with Gasteiger partial charge in [-0.3, -0.25) is 0 Å². The van der Waals surface area contributed by atoms with Crippen molar-refractivity contribution in [2.45, 2.75) is 60.8 Å². The van der Waals surface area contributed by atoms with Crippen molar-refractivity contribution in [3.63, 3.8) is 0 Å². The summed E-state index contributed by atoms with van der Waals surface area (Å²) >= 11 is 6.05. The molecule has 0 heterocycles. The molecular formula is C15H27ClO. The molecule has 0 amide bonds. The van der Waals surface area contributed by atoms with Crippen LogP contribution in [0, 0.1) is 6.92 Å². The first kappa shape index (κ1) is 18.7. The molecule has 1 N–H and O–H groups in total. The van der Waals surface area contributed by atoms with Crippen LogP contribution >= 0.6 is 11.6 Å². The van der Waals surface area contributed by atoms with Crippen LogP contribution in [-0.2, 0) is 0 Å². The molecule has 1 aromatic rings. The molecule has 17 heavy (non-hydrogen) atoms. The second kappa shape index (κ2) is 10.5. The van der Waals surface area contributed by atoms with E-state index in [4.69, 9.17) is 11.6 Å². The molecule has 0 aliphatic rings. The zero-order valence-electron chi connectivity index (χ0n) is 12.3. The highest BCUT2D eigenvalue weighted by Crippen LogP contribution is 2.32. The Morgan fingerprint density at radius 1 is 1.18 bits per heavy atom. The van der Waals surface area contributed by atoms with Gasteiger partial charge >= 0.3 is 0 Å². The standard InChI is InChI=1S/C11H15ClO.2C2H6/c1-4-7(2)11-8(3)5-9(13)6-10(11)12;2*1-2/h5-7,13H,4H2,1-3H3;2*1-2H3. The van der Waals surface area contributed by atoms with Crippen LogP contribution in [0.4, 0.5) is 0 Å². The summed E-state index contributed by atoms with van der Waals surface area (Å²) in [6.45, 7) is 14.3. The van der Waals surface area contributed by atoms with E-state index in [0.717, 1.165) is 17.5 Å². The number of phenolic OH excluding ortho intramolecular Hbond substituents is 1. The third-order valence-electron chi connectivity index (χ3n) is 2.43. The van der Waals surface area contributed by atoms with E-state index in [1.807, 2.05) is 34.6 Å². The second-order valence-electron chi connectivity index (χ2n) is 3.47. The van der Waals surface area contributed by atoms with Gasteiger partial charge in [-0.1, -0.05) is 53.1 Å². The first-order valence-electron chi connectivity index (χ1n) is 6.55. The van der Waals surface area contributed by atoms with Crippen LogP contribution in [0.3, 0.4) is 0 Å². The molecule has 0 aromatic heterocycles. The summed E-state index contributed by atoms with van der Waals surface area (Å²) < 4.78 is 0. The molecule has 0 fully saturated rings. The summed E-state index contributed by atoms with van der Waals surface area (Å²) in [6.07, 6.45) is 1.06. The quantitative estimate of drug-likeness (QED) is 0.698. The van der Waals surface area contributed by atoms with Crippen molar-refractivity contribution in [2.75, 3.05) is 0 Å². The molecular weight excluding hydrogens is 232 g/mol. The van der Waals surface area contributed by atoms with Crippen molar-refractivity contribution >= 4 is 11.6 Å². The van der Waals surface area contributed by atoms with Crippen molar-refractivity contribution in [3.8, 4) is 5.75 Å². The molecule has 1 atom stereocenters. The normalized spacial score (nSPS) is 10.6. The number of rotatable bonds is 2. The van der Waals surface area contributed by atoms with Gasteiger partial charge in [0.05, 0.1) is 0 Å². The first-order valence-corrected chi connectivity index (χ1v) is 6.93. The van der Waals surface area contributed by atoms with Crippen molar-refractivity contribution < 1.29 is 5.11 Å².